The molecule has 0 aromatic heterocycles. The molecule has 5 rings (SSSR count). The first kappa shape index (κ1) is 25.9. The van der Waals surface area contributed by atoms with Crippen molar-refractivity contribution in [2.24, 2.45) is 0 Å². The van der Waals surface area contributed by atoms with Crippen LogP contribution in [-0.4, -0.2) is 33.1 Å². The molecule has 0 radical (unpaired) electrons. The number of fused-ring (bicyclic) bond motifs is 1. The molecule has 1 aliphatic heterocycles. The molecule has 7 heteroatoms. The summed E-state index contributed by atoms with van der Waals surface area (Å²) in [6, 6.07) is 27.0. The summed E-state index contributed by atoms with van der Waals surface area (Å²) in [5.41, 5.74) is 4.15. The zero-order chi connectivity index (χ0) is 27.5. The molecule has 2 atom stereocenters. The second kappa shape index (κ2) is 10.9. The molecule has 0 saturated carbocycles. The van der Waals surface area contributed by atoms with E-state index in [1.807, 2.05) is 79.7 Å². The van der Waals surface area contributed by atoms with Gasteiger partial charge in [0.25, 0.3) is 5.91 Å². The van der Waals surface area contributed by atoms with Crippen LogP contribution in [0.15, 0.2) is 91.0 Å². The van der Waals surface area contributed by atoms with Gasteiger partial charge in [0.15, 0.2) is 0 Å². The standard InChI is InChI=1S/C32H30N2O5/c1-20-9-18-28(39-4)27(19-20)33-31(35)29-25-7-5-6-8-26(25)32(36)34(22-12-16-24(38-3)17-13-22)30(29)21-10-14-23(37-2)15-11-21/h5-19,29-30H,1-4H3,(H,33,35)/t29-,30-/m1/s1. The third-order valence-electron chi connectivity index (χ3n) is 7.04. The summed E-state index contributed by atoms with van der Waals surface area (Å²) >= 11 is 0. The Bertz CT molecular complexity index is 1500. The maximum absolute atomic E-state index is 14.3. The van der Waals surface area contributed by atoms with Crippen molar-refractivity contribution >= 4 is 23.2 Å². The Balaban J connectivity index is 1.69. The van der Waals surface area contributed by atoms with E-state index >= 15 is 0 Å². The molecule has 0 spiro atoms. The first-order chi connectivity index (χ1) is 18.9. The number of carbonyl (C=O) groups is 2. The molecule has 39 heavy (non-hydrogen) atoms. The van der Waals surface area contributed by atoms with Gasteiger partial charge in [-0.15, -0.1) is 0 Å². The Morgan fingerprint density at radius 1 is 0.795 bits per heavy atom. The molecule has 4 aromatic carbocycles. The highest BCUT2D eigenvalue weighted by Crippen LogP contribution is 2.46. The average molecular weight is 523 g/mol. The fourth-order valence-corrected chi connectivity index (χ4v) is 5.12. The van der Waals surface area contributed by atoms with Crippen LogP contribution in [0.4, 0.5) is 11.4 Å². The van der Waals surface area contributed by atoms with Crippen molar-refractivity contribution in [1.29, 1.82) is 0 Å². The summed E-state index contributed by atoms with van der Waals surface area (Å²) in [6.07, 6.45) is 0. The van der Waals surface area contributed by atoms with E-state index in [9.17, 15) is 9.59 Å². The van der Waals surface area contributed by atoms with Crippen LogP contribution in [0.5, 0.6) is 17.2 Å². The topological polar surface area (TPSA) is 77.1 Å². The van der Waals surface area contributed by atoms with Crippen LogP contribution in [0, 0.1) is 6.92 Å². The van der Waals surface area contributed by atoms with E-state index in [0.29, 0.717) is 39.8 Å². The number of rotatable bonds is 7. The van der Waals surface area contributed by atoms with Crippen LogP contribution in [0.1, 0.15) is 39.0 Å². The summed E-state index contributed by atoms with van der Waals surface area (Å²) in [6.45, 7) is 1.95. The van der Waals surface area contributed by atoms with Crippen LogP contribution >= 0.6 is 0 Å². The molecule has 4 aromatic rings. The maximum atomic E-state index is 14.3. The van der Waals surface area contributed by atoms with Crippen molar-refractivity contribution in [2.75, 3.05) is 31.5 Å². The minimum absolute atomic E-state index is 0.186. The molecule has 1 N–H and O–H groups in total. The van der Waals surface area contributed by atoms with Gasteiger partial charge in [0.2, 0.25) is 5.91 Å². The van der Waals surface area contributed by atoms with E-state index in [0.717, 1.165) is 11.1 Å². The second-order valence-electron chi connectivity index (χ2n) is 9.35. The minimum Gasteiger partial charge on any atom is -0.497 e. The van der Waals surface area contributed by atoms with Gasteiger partial charge in [0.05, 0.1) is 39.0 Å². The third-order valence-corrected chi connectivity index (χ3v) is 7.04. The smallest absolute Gasteiger partial charge is 0.259 e. The predicted octanol–water partition coefficient (Wildman–Crippen LogP) is 6.14. The quantitative estimate of drug-likeness (QED) is 0.315. The molecular weight excluding hydrogens is 492 g/mol. The molecule has 0 saturated heterocycles. The van der Waals surface area contributed by atoms with E-state index in [1.54, 1.807) is 44.4 Å². The number of carbonyl (C=O) groups excluding carboxylic acids is 2. The number of nitrogens with one attached hydrogen (secondary N) is 1. The van der Waals surface area contributed by atoms with Gasteiger partial charge in [-0.25, -0.2) is 0 Å². The van der Waals surface area contributed by atoms with E-state index in [-0.39, 0.29) is 11.8 Å². The lowest BCUT2D eigenvalue weighted by Gasteiger charge is -2.42. The average Bonchev–Trinajstić information content (AvgIpc) is 2.97. The molecule has 7 nitrogen and oxygen atoms in total. The van der Waals surface area contributed by atoms with Crippen molar-refractivity contribution in [3.8, 4) is 17.2 Å². The van der Waals surface area contributed by atoms with Crippen LogP contribution in [0.25, 0.3) is 0 Å². The number of benzene rings is 4. The minimum atomic E-state index is -0.723. The number of anilines is 2. The summed E-state index contributed by atoms with van der Waals surface area (Å²) < 4.78 is 16.2. The highest BCUT2D eigenvalue weighted by molar-refractivity contribution is 6.12. The lowest BCUT2D eigenvalue weighted by atomic mass is 9.78. The molecule has 0 aliphatic carbocycles. The lowest BCUT2D eigenvalue weighted by Crippen LogP contribution is -2.46. The molecule has 0 bridgehead atoms. The SMILES string of the molecule is COc1ccc([C@@H]2[C@H](C(=O)Nc3cc(C)ccc3OC)c3ccccc3C(=O)N2c2ccc(OC)cc2)cc1. The van der Waals surface area contributed by atoms with Crippen molar-refractivity contribution < 1.29 is 23.8 Å². The van der Waals surface area contributed by atoms with E-state index in [4.69, 9.17) is 14.2 Å². The number of hydrogen-bond donors (Lipinski definition) is 1. The van der Waals surface area contributed by atoms with Crippen LogP contribution < -0.4 is 24.4 Å². The van der Waals surface area contributed by atoms with Gasteiger partial charge in [-0.2, -0.15) is 0 Å². The number of ether oxygens (including phenoxy) is 3. The molecular formula is C32H30N2O5. The van der Waals surface area contributed by atoms with Crippen molar-refractivity contribution in [3.63, 3.8) is 0 Å². The van der Waals surface area contributed by atoms with Crippen LogP contribution in [0.3, 0.4) is 0 Å². The van der Waals surface area contributed by atoms with Gasteiger partial charge >= 0.3 is 0 Å². The monoisotopic (exact) mass is 522 g/mol. The molecule has 2 amide bonds. The highest BCUT2D eigenvalue weighted by Gasteiger charge is 2.45. The summed E-state index contributed by atoms with van der Waals surface area (Å²) in [7, 11) is 4.77. The Morgan fingerprint density at radius 2 is 1.44 bits per heavy atom. The Labute approximate surface area is 227 Å². The molecule has 1 heterocycles. The molecule has 198 valence electrons. The van der Waals surface area contributed by atoms with Crippen molar-refractivity contribution in [3.05, 3.63) is 113 Å². The first-order valence-electron chi connectivity index (χ1n) is 12.6. The Hall–Kier alpha value is -4.78. The largest absolute Gasteiger partial charge is 0.497 e. The van der Waals surface area contributed by atoms with Crippen molar-refractivity contribution in [2.45, 2.75) is 18.9 Å². The zero-order valence-electron chi connectivity index (χ0n) is 22.3. The van der Waals surface area contributed by atoms with E-state index in [2.05, 4.69) is 5.32 Å². The van der Waals surface area contributed by atoms with Gasteiger partial charge in [-0.1, -0.05) is 36.4 Å². The van der Waals surface area contributed by atoms with E-state index < -0.39 is 12.0 Å². The predicted molar refractivity (Wildman–Crippen MR) is 151 cm³/mol. The maximum Gasteiger partial charge on any atom is 0.259 e. The number of methoxy groups -OCH3 is 3. The molecule has 0 fully saturated rings. The third kappa shape index (κ3) is 4.91. The lowest BCUT2D eigenvalue weighted by molar-refractivity contribution is -0.118. The molecule has 0 unspecified atom stereocenters. The van der Waals surface area contributed by atoms with Gasteiger partial charge in [0, 0.05) is 11.3 Å². The van der Waals surface area contributed by atoms with E-state index in [1.165, 1.54) is 0 Å². The van der Waals surface area contributed by atoms with Gasteiger partial charge in [0.1, 0.15) is 17.2 Å². The van der Waals surface area contributed by atoms with Crippen LogP contribution in [0.2, 0.25) is 0 Å². The number of aryl methyl sites for hydroxylation is 1. The highest BCUT2D eigenvalue weighted by atomic mass is 16.5. The van der Waals surface area contributed by atoms with Gasteiger partial charge < -0.3 is 19.5 Å². The molecule has 1 aliphatic rings. The summed E-state index contributed by atoms with van der Waals surface area (Å²) in [5.74, 6) is 0.752. The zero-order valence-corrected chi connectivity index (χ0v) is 22.3. The summed E-state index contributed by atoms with van der Waals surface area (Å²) in [4.78, 5) is 30.0. The first-order valence-corrected chi connectivity index (χ1v) is 12.6. The van der Waals surface area contributed by atoms with Gasteiger partial charge in [-0.3, -0.25) is 14.5 Å². The number of hydrogen-bond acceptors (Lipinski definition) is 5. The Kier molecular flexibility index (Phi) is 7.23. The Morgan fingerprint density at radius 3 is 2.08 bits per heavy atom. The summed E-state index contributed by atoms with van der Waals surface area (Å²) in [5, 5.41) is 3.09. The normalized spacial score (nSPS) is 16.3. The number of amides is 2. The second-order valence-corrected chi connectivity index (χ2v) is 9.35. The van der Waals surface area contributed by atoms with Crippen LogP contribution in [-0.2, 0) is 4.79 Å². The number of nitrogens with zero attached hydrogens (tertiary/aromatic N) is 1. The fraction of sp³-hybridized carbons (Fsp3) is 0.188. The van der Waals surface area contributed by atoms with Crippen molar-refractivity contribution in [1.82, 2.24) is 0 Å². The fourth-order valence-electron chi connectivity index (χ4n) is 5.12. The van der Waals surface area contributed by atoms with Gasteiger partial charge in [-0.05, 0) is 78.2 Å².